The standard InChI is InChI=1S/C21H23N3O4/c1-4-21(3)19(25)24(20(26)23-21)14-8-9-18(22-11-14)28-17-7-5-6-16-15(17)10-13(2)12-27-16/h5-9,11,13H,4,10,12H2,1-3H3,(H,23,26)/t13-,21+/m0/s1. The Labute approximate surface area is 163 Å². The van der Waals surface area contributed by atoms with Crippen molar-refractivity contribution in [2.75, 3.05) is 11.5 Å². The summed E-state index contributed by atoms with van der Waals surface area (Å²) in [5.41, 5.74) is 0.561. The summed E-state index contributed by atoms with van der Waals surface area (Å²) < 4.78 is 11.7. The van der Waals surface area contributed by atoms with Crippen LogP contribution in [0.4, 0.5) is 10.5 Å². The lowest BCUT2D eigenvalue weighted by Crippen LogP contribution is -2.43. The third-order valence-corrected chi connectivity index (χ3v) is 5.33. The number of hydrogen-bond donors (Lipinski definition) is 1. The number of amides is 3. The first-order valence-electron chi connectivity index (χ1n) is 9.46. The molecule has 2 aromatic rings. The van der Waals surface area contributed by atoms with Crippen molar-refractivity contribution in [2.24, 2.45) is 5.92 Å². The fourth-order valence-electron chi connectivity index (χ4n) is 3.45. The molecule has 1 fully saturated rings. The van der Waals surface area contributed by atoms with Gasteiger partial charge in [-0.25, -0.2) is 14.7 Å². The maximum Gasteiger partial charge on any atom is 0.329 e. The number of aromatic nitrogens is 1. The van der Waals surface area contributed by atoms with Crippen LogP contribution in [0.5, 0.6) is 17.4 Å². The smallest absolute Gasteiger partial charge is 0.329 e. The molecule has 0 aliphatic carbocycles. The van der Waals surface area contributed by atoms with Gasteiger partial charge >= 0.3 is 6.03 Å². The maximum atomic E-state index is 12.6. The van der Waals surface area contributed by atoms with E-state index in [0.717, 1.165) is 22.6 Å². The van der Waals surface area contributed by atoms with Gasteiger partial charge in [0.1, 0.15) is 17.0 Å². The number of nitrogens with zero attached hydrogens (tertiary/aromatic N) is 2. The molecule has 3 heterocycles. The molecule has 7 heteroatoms. The van der Waals surface area contributed by atoms with E-state index in [9.17, 15) is 9.59 Å². The van der Waals surface area contributed by atoms with Gasteiger partial charge in [-0.05, 0) is 43.9 Å². The van der Waals surface area contributed by atoms with Gasteiger partial charge in [0.2, 0.25) is 5.88 Å². The first-order valence-corrected chi connectivity index (χ1v) is 9.46. The molecular weight excluding hydrogens is 358 g/mol. The number of benzene rings is 1. The molecule has 2 aliphatic rings. The van der Waals surface area contributed by atoms with Crippen molar-refractivity contribution in [3.63, 3.8) is 0 Å². The molecule has 4 rings (SSSR count). The summed E-state index contributed by atoms with van der Waals surface area (Å²) in [7, 11) is 0. The highest BCUT2D eigenvalue weighted by Gasteiger charge is 2.47. The summed E-state index contributed by atoms with van der Waals surface area (Å²) in [5, 5.41) is 2.74. The van der Waals surface area contributed by atoms with Gasteiger partial charge in [-0.1, -0.05) is 19.9 Å². The number of urea groups is 1. The molecule has 0 radical (unpaired) electrons. The van der Waals surface area contributed by atoms with Crippen LogP contribution in [0, 0.1) is 5.92 Å². The Hall–Kier alpha value is -3.09. The van der Waals surface area contributed by atoms with E-state index < -0.39 is 11.6 Å². The van der Waals surface area contributed by atoms with Gasteiger partial charge in [-0.2, -0.15) is 0 Å². The zero-order valence-corrected chi connectivity index (χ0v) is 16.2. The molecule has 3 amide bonds. The third-order valence-electron chi connectivity index (χ3n) is 5.33. The summed E-state index contributed by atoms with van der Waals surface area (Å²) in [6, 6.07) is 8.59. The molecule has 0 unspecified atom stereocenters. The summed E-state index contributed by atoms with van der Waals surface area (Å²) in [6.45, 7) is 6.42. The van der Waals surface area contributed by atoms with Gasteiger partial charge in [-0.15, -0.1) is 0 Å². The summed E-state index contributed by atoms with van der Waals surface area (Å²) >= 11 is 0. The van der Waals surface area contributed by atoms with Crippen molar-refractivity contribution in [1.82, 2.24) is 10.3 Å². The van der Waals surface area contributed by atoms with Gasteiger partial charge in [0, 0.05) is 11.6 Å². The zero-order valence-electron chi connectivity index (χ0n) is 16.2. The number of carbonyl (C=O) groups is 2. The van der Waals surface area contributed by atoms with Crippen LogP contribution in [0.25, 0.3) is 0 Å². The van der Waals surface area contributed by atoms with Crippen molar-refractivity contribution >= 4 is 17.6 Å². The molecule has 146 valence electrons. The number of fused-ring (bicyclic) bond motifs is 1. The SMILES string of the molecule is CC[C@@]1(C)NC(=O)N(c2ccc(Oc3cccc4c3C[C@H](C)CO4)nc2)C1=O. The molecule has 0 spiro atoms. The third kappa shape index (κ3) is 3.06. The summed E-state index contributed by atoms with van der Waals surface area (Å²) in [6.07, 6.45) is 2.87. The lowest BCUT2D eigenvalue weighted by Gasteiger charge is -2.24. The monoisotopic (exact) mass is 381 g/mol. The molecule has 1 saturated heterocycles. The van der Waals surface area contributed by atoms with E-state index in [1.807, 2.05) is 25.1 Å². The largest absolute Gasteiger partial charge is 0.493 e. The highest BCUT2D eigenvalue weighted by Crippen LogP contribution is 2.36. The van der Waals surface area contributed by atoms with Gasteiger partial charge in [0.15, 0.2) is 0 Å². The average Bonchev–Trinajstić information content (AvgIpc) is 2.92. The van der Waals surface area contributed by atoms with E-state index in [1.165, 1.54) is 6.20 Å². The van der Waals surface area contributed by atoms with Crippen LogP contribution in [0.15, 0.2) is 36.5 Å². The average molecular weight is 381 g/mol. The van der Waals surface area contributed by atoms with E-state index in [1.54, 1.807) is 19.1 Å². The highest BCUT2D eigenvalue weighted by molar-refractivity contribution is 6.23. The van der Waals surface area contributed by atoms with Gasteiger partial charge in [0.25, 0.3) is 5.91 Å². The Morgan fingerprint density at radius 2 is 2.14 bits per heavy atom. The van der Waals surface area contributed by atoms with Gasteiger partial charge < -0.3 is 14.8 Å². The minimum atomic E-state index is -0.883. The normalized spacial score (nSPS) is 23.8. The van der Waals surface area contributed by atoms with Crippen molar-refractivity contribution in [2.45, 2.75) is 39.2 Å². The molecule has 0 bridgehead atoms. The number of carbonyl (C=O) groups excluding carboxylic acids is 2. The molecule has 0 saturated carbocycles. The van der Waals surface area contributed by atoms with Crippen LogP contribution in [0.2, 0.25) is 0 Å². The van der Waals surface area contributed by atoms with Crippen LogP contribution in [-0.4, -0.2) is 29.1 Å². The molecule has 7 nitrogen and oxygen atoms in total. The number of pyridine rings is 1. The van der Waals surface area contributed by atoms with E-state index in [0.29, 0.717) is 36.3 Å². The van der Waals surface area contributed by atoms with E-state index >= 15 is 0 Å². The number of anilines is 1. The van der Waals surface area contributed by atoms with E-state index in [4.69, 9.17) is 9.47 Å². The minimum absolute atomic E-state index is 0.279. The maximum absolute atomic E-state index is 12.6. The Morgan fingerprint density at radius 1 is 1.32 bits per heavy atom. The van der Waals surface area contributed by atoms with Gasteiger partial charge in [-0.3, -0.25) is 4.79 Å². The summed E-state index contributed by atoms with van der Waals surface area (Å²) in [4.78, 5) is 30.3. The quantitative estimate of drug-likeness (QED) is 0.818. The number of ether oxygens (including phenoxy) is 2. The number of imide groups is 1. The first-order chi connectivity index (χ1) is 13.4. The Kier molecular flexibility index (Phi) is 4.45. The molecule has 1 N–H and O–H groups in total. The second-order valence-corrected chi connectivity index (χ2v) is 7.57. The molecule has 1 aromatic carbocycles. The van der Waals surface area contributed by atoms with Crippen LogP contribution in [-0.2, 0) is 11.2 Å². The van der Waals surface area contributed by atoms with Crippen molar-refractivity contribution < 1.29 is 19.1 Å². The Balaban J connectivity index is 1.56. The van der Waals surface area contributed by atoms with Crippen LogP contribution in [0.3, 0.4) is 0 Å². The van der Waals surface area contributed by atoms with Crippen LogP contribution in [0.1, 0.15) is 32.8 Å². The van der Waals surface area contributed by atoms with Crippen molar-refractivity contribution in [1.29, 1.82) is 0 Å². The van der Waals surface area contributed by atoms with Crippen LogP contribution >= 0.6 is 0 Å². The van der Waals surface area contributed by atoms with E-state index in [2.05, 4.69) is 17.2 Å². The lowest BCUT2D eigenvalue weighted by atomic mass is 9.98. The molecule has 2 aliphatic heterocycles. The zero-order chi connectivity index (χ0) is 19.9. The molecule has 2 atom stereocenters. The Bertz CT molecular complexity index is 928. The van der Waals surface area contributed by atoms with Crippen LogP contribution < -0.4 is 19.7 Å². The topological polar surface area (TPSA) is 80.8 Å². The predicted molar refractivity (Wildman–Crippen MR) is 104 cm³/mol. The van der Waals surface area contributed by atoms with Gasteiger partial charge in [0.05, 0.1) is 18.5 Å². The Morgan fingerprint density at radius 3 is 2.82 bits per heavy atom. The molecule has 28 heavy (non-hydrogen) atoms. The minimum Gasteiger partial charge on any atom is -0.493 e. The molecule has 1 aromatic heterocycles. The second kappa shape index (κ2) is 6.82. The summed E-state index contributed by atoms with van der Waals surface area (Å²) in [5.74, 6) is 2.07. The first kappa shape index (κ1) is 18.3. The van der Waals surface area contributed by atoms with Crippen molar-refractivity contribution in [3.8, 4) is 17.4 Å². The lowest BCUT2D eigenvalue weighted by molar-refractivity contribution is -0.121. The number of nitrogens with one attached hydrogen (secondary N) is 1. The number of hydrogen-bond acceptors (Lipinski definition) is 5. The number of rotatable bonds is 4. The fourth-order valence-corrected chi connectivity index (χ4v) is 3.45. The second-order valence-electron chi connectivity index (χ2n) is 7.57. The highest BCUT2D eigenvalue weighted by atomic mass is 16.5. The van der Waals surface area contributed by atoms with Crippen molar-refractivity contribution in [3.05, 3.63) is 42.1 Å². The fraction of sp³-hybridized carbons (Fsp3) is 0.381. The van der Waals surface area contributed by atoms with E-state index in [-0.39, 0.29) is 5.91 Å². The predicted octanol–water partition coefficient (Wildman–Crippen LogP) is 3.67. The molecular formula is C21H23N3O4.